The van der Waals surface area contributed by atoms with E-state index in [0.717, 1.165) is 29.9 Å². The molecule has 2 aromatic heterocycles. The lowest BCUT2D eigenvalue weighted by atomic mass is 10.2. The van der Waals surface area contributed by atoms with Crippen molar-refractivity contribution in [3.63, 3.8) is 0 Å². The van der Waals surface area contributed by atoms with Gasteiger partial charge in [0.2, 0.25) is 0 Å². The summed E-state index contributed by atoms with van der Waals surface area (Å²) in [5.41, 5.74) is 4.45. The van der Waals surface area contributed by atoms with Crippen molar-refractivity contribution in [2.75, 3.05) is 6.54 Å². The van der Waals surface area contributed by atoms with Gasteiger partial charge in [0.15, 0.2) is 5.69 Å². The van der Waals surface area contributed by atoms with Gasteiger partial charge in [-0.05, 0) is 44.0 Å². The van der Waals surface area contributed by atoms with Crippen molar-refractivity contribution < 1.29 is 4.79 Å². The molecule has 2 heterocycles. The molecular formula is C20H21N5O. The molecule has 0 radical (unpaired) electrons. The molecule has 0 unspecified atom stereocenters. The number of hydrogen-bond acceptors (Lipinski definition) is 4. The van der Waals surface area contributed by atoms with Gasteiger partial charge in [0, 0.05) is 30.8 Å². The van der Waals surface area contributed by atoms with Gasteiger partial charge in [0.1, 0.15) is 0 Å². The number of benzene rings is 1. The number of nitrogens with zero attached hydrogens (tertiary/aromatic N) is 4. The minimum absolute atomic E-state index is 0.166. The third-order valence-corrected chi connectivity index (χ3v) is 4.56. The molecule has 3 aromatic rings. The highest BCUT2D eigenvalue weighted by Crippen LogP contribution is 2.41. The Morgan fingerprint density at radius 1 is 1.19 bits per heavy atom. The highest BCUT2D eigenvalue weighted by atomic mass is 16.2. The predicted molar refractivity (Wildman–Crippen MR) is 98.3 cm³/mol. The summed E-state index contributed by atoms with van der Waals surface area (Å²) in [4.78, 5) is 16.9. The van der Waals surface area contributed by atoms with Crippen LogP contribution in [-0.2, 0) is 6.42 Å². The first-order valence-corrected chi connectivity index (χ1v) is 8.93. The third kappa shape index (κ3) is 3.49. The first-order chi connectivity index (χ1) is 12.7. The molecule has 1 aromatic carbocycles. The summed E-state index contributed by atoms with van der Waals surface area (Å²) in [5, 5.41) is 11.4. The standard InChI is InChI=1S/C20H21N5O/c1-14-5-9-17(10-6-14)25-19(15-7-8-15)18(23-24-25)20(26)22-13-11-16-4-2-3-12-21-16/h2-6,9-10,12,15H,7-8,11,13H2,1H3,(H,22,26). The number of nitrogens with one attached hydrogen (secondary N) is 1. The van der Waals surface area contributed by atoms with Crippen LogP contribution in [0.2, 0.25) is 0 Å². The summed E-state index contributed by atoms with van der Waals surface area (Å²) in [6.45, 7) is 2.57. The van der Waals surface area contributed by atoms with E-state index in [9.17, 15) is 4.79 Å². The maximum Gasteiger partial charge on any atom is 0.273 e. The molecule has 26 heavy (non-hydrogen) atoms. The first-order valence-electron chi connectivity index (χ1n) is 8.93. The van der Waals surface area contributed by atoms with Crippen molar-refractivity contribution in [3.8, 4) is 5.69 Å². The zero-order valence-electron chi connectivity index (χ0n) is 14.7. The third-order valence-electron chi connectivity index (χ3n) is 4.56. The zero-order valence-corrected chi connectivity index (χ0v) is 14.7. The van der Waals surface area contributed by atoms with Crippen LogP contribution < -0.4 is 5.32 Å². The van der Waals surface area contributed by atoms with Gasteiger partial charge < -0.3 is 5.32 Å². The quantitative estimate of drug-likeness (QED) is 0.744. The average Bonchev–Trinajstić information content (AvgIpc) is 3.41. The number of aryl methyl sites for hydroxylation is 1. The number of aromatic nitrogens is 4. The molecule has 1 aliphatic rings. The summed E-state index contributed by atoms with van der Waals surface area (Å²) >= 11 is 0. The Bertz CT molecular complexity index is 898. The second-order valence-electron chi connectivity index (χ2n) is 6.67. The van der Waals surface area contributed by atoms with E-state index in [1.807, 2.05) is 54.1 Å². The van der Waals surface area contributed by atoms with Crippen molar-refractivity contribution in [2.24, 2.45) is 0 Å². The molecule has 6 nitrogen and oxygen atoms in total. The molecule has 0 atom stereocenters. The number of hydrogen-bond donors (Lipinski definition) is 1. The molecule has 132 valence electrons. The Morgan fingerprint density at radius 3 is 2.69 bits per heavy atom. The Balaban J connectivity index is 1.51. The number of carbonyl (C=O) groups is 1. The van der Waals surface area contributed by atoms with E-state index in [4.69, 9.17) is 0 Å². The smallest absolute Gasteiger partial charge is 0.273 e. The van der Waals surface area contributed by atoms with Crippen molar-refractivity contribution in [3.05, 3.63) is 71.3 Å². The second kappa shape index (κ2) is 7.07. The molecule has 1 N–H and O–H groups in total. The van der Waals surface area contributed by atoms with Gasteiger partial charge in [0.05, 0.1) is 11.4 Å². The van der Waals surface area contributed by atoms with Crippen LogP contribution in [0.1, 0.15) is 46.2 Å². The fourth-order valence-corrected chi connectivity index (χ4v) is 2.98. The normalized spacial score (nSPS) is 13.6. The molecule has 1 saturated carbocycles. The molecular weight excluding hydrogens is 326 g/mol. The molecule has 0 aliphatic heterocycles. The summed E-state index contributed by atoms with van der Waals surface area (Å²) in [6, 6.07) is 13.9. The van der Waals surface area contributed by atoms with Gasteiger partial charge in [-0.3, -0.25) is 9.78 Å². The number of pyridine rings is 1. The number of amides is 1. The summed E-state index contributed by atoms with van der Waals surface area (Å²) in [7, 11) is 0. The second-order valence-corrected chi connectivity index (χ2v) is 6.67. The highest BCUT2D eigenvalue weighted by Gasteiger charge is 2.34. The first kappa shape index (κ1) is 16.4. The van der Waals surface area contributed by atoms with Crippen LogP contribution in [0.4, 0.5) is 0 Å². The van der Waals surface area contributed by atoms with E-state index < -0.39 is 0 Å². The topological polar surface area (TPSA) is 72.7 Å². The van der Waals surface area contributed by atoms with E-state index in [-0.39, 0.29) is 5.91 Å². The van der Waals surface area contributed by atoms with E-state index in [1.165, 1.54) is 5.56 Å². The summed E-state index contributed by atoms with van der Waals surface area (Å²) in [5.74, 6) is 0.198. The van der Waals surface area contributed by atoms with E-state index >= 15 is 0 Å². The van der Waals surface area contributed by atoms with Crippen LogP contribution in [0.25, 0.3) is 5.69 Å². The van der Waals surface area contributed by atoms with Gasteiger partial charge >= 0.3 is 0 Å². The Hall–Kier alpha value is -3.02. The Kier molecular flexibility index (Phi) is 4.48. The van der Waals surface area contributed by atoms with Gasteiger partial charge in [-0.25, -0.2) is 4.68 Å². The summed E-state index contributed by atoms with van der Waals surface area (Å²) < 4.78 is 1.81. The van der Waals surface area contributed by atoms with Crippen molar-refractivity contribution >= 4 is 5.91 Å². The lowest BCUT2D eigenvalue weighted by Gasteiger charge is -2.08. The predicted octanol–water partition coefficient (Wildman–Crippen LogP) is 2.82. The fourth-order valence-electron chi connectivity index (χ4n) is 2.98. The van der Waals surface area contributed by atoms with E-state index in [2.05, 4.69) is 20.6 Å². The molecule has 1 amide bonds. The minimum Gasteiger partial charge on any atom is -0.350 e. The van der Waals surface area contributed by atoms with E-state index in [1.54, 1.807) is 6.20 Å². The monoisotopic (exact) mass is 347 g/mol. The average molecular weight is 347 g/mol. The van der Waals surface area contributed by atoms with Gasteiger partial charge in [-0.1, -0.05) is 29.0 Å². The Labute approximate surface area is 152 Å². The molecule has 1 fully saturated rings. The van der Waals surface area contributed by atoms with Crippen molar-refractivity contribution in [2.45, 2.75) is 32.1 Å². The fraction of sp³-hybridized carbons (Fsp3) is 0.300. The lowest BCUT2D eigenvalue weighted by molar-refractivity contribution is 0.0948. The van der Waals surface area contributed by atoms with Crippen LogP contribution in [0.15, 0.2) is 48.7 Å². The van der Waals surface area contributed by atoms with Gasteiger partial charge in [-0.2, -0.15) is 0 Å². The number of rotatable bonds is 6. The van der Waals surface area contributed by atoms with Gasteiger partial charge in [0.25, 0.3) is 5.91 Å². The van der Waals surface area contributed by atoms with Crippen LogP contribution in [0.3, 0.4) is 0 Å². The van der Waals surface area contributed by atoms with Crippen molar-refractivity contribution in [1.29, 1.82) is 0 Å². The number of carbonyl (C=O) groups excluding carboxylic acids is 1. The Morgan fingerprint density at radius 2 is 2.00 bits per heavy atom. The molecule has 1 aliphatic carbocycles. The lowest BCUT2D eigenvalue weighted by Crippen LogP contribution is -2.27. The van der Waals surface area contributed by atoms with Crippen LogP contribution in [-0.4, -0.2) is 32.4 Å². The zero-order chi connectivity index (χ0) is 17.9. The highest BCUT2D eigenvalue weighted by molar-refractivity contribution is 5.93. The summed E-state index contributed by atoms with van der Waals surface area (Å²) in [6.07, 6.45) is 4.61. The largest absolute Gasteiger partial charge is 0.350 e. The van der Waals surface area contributed by atoms with Gasteiger partial charge in [-0.15, -0.1) is 5.10 Å². The maximum atomic E-state index is 12.6. The minimum atomic E-state index is -0.166. The molecule has 0 saturated heterocycles. The molecule has 4 rings (SSSR count). The maximum absolute atomic E-state index is 12.6. The van der Waals surface area contributed by atoms with Crippen LogP contribution in [0.5, 0.6) is 0 Å². The molecule has 0 spiro atoms. The van der Waals surface area contributed by atoms with Crippen LogP contribution in [0, 0.1) is 6.92 Å². The molecule has 6 heteroatoms. The SMILES string of the molecule is Cc1ccc(-n2nnc(C(=O)NCCc3ccccn3)c2C2CC2)cc1. The van der Waals surface area contributed by atoms with Crippen molar-refractivity contribution in [1.82, 2.24) is 25.3 Å². The van der Waals surface area contributed by atoms with E-state index in [0.29, 0.717) is 24.6 Å². The molecule has 0 bridgehead atoms. The van der Waals surface area contributed by atoms with Crippen LogP contribution >= 0.6 is 0 Å².